The van der Waals surface area contributed by atoms with Crippen molar-refractivity contribution in [3.8, 4) is 5.75 Å². The highest BCUT2D eigenvalue weighted by Crippen LogP contribution is 2.26. The van der Waals surface area contributed by atoms with Gasteiger partial charge in [0.15, 0.2) is 0 Å². The molecule has 1 aliphatic heterocycles. The fourth-order valence-electron chi connectivity index (χ4n) is 3.84. The highest BCUT2D eigenvalue weighted by atomic mass is 32.2. The number of ether oxygens (including phenoxy) is 1. The first kappa shape index (κ1) is 22.9. The molecule has 0 aromatic heterocycles. The monoisotopic (exact) mass is 468 g/mol. The molecule has 4 rings (SSSR count). The minimum absolute atomic E-state index is 0.0596. The number of carbonyl (C=O) groups excluding carboxylic acids is 1. The molecule has 0 saturated heterocycles. The molecular weight excluding hydrogens is 443 g/mol. The second-order valence-electron chi connectivity index (χ2n) is 8.03. The minimum Gasteiger partial charge on any atom is -0.493 e. The van der Waals surface area contributed by atoms with E-state index in [9.17, 15) is 17.6 Å². The van der Waals surface area contributed by atoms with Crippen LogP contribution in [0, 0.1) is 11.7 Å². The molecule has 33 heavy (non-hydrogen) atoms. The highest BCUT2D eigenvalue weighted by Gasteiger charge is 2.29. The summed E-state index contributed by atoms with van der Waals surface area (Å²) in [4.78, 5) is 12.6. The van der Waals surface area contributed by atoms with Gasteiger partial charge in [0.25, 0.3) is 0 Å². The summed E-state index contributed by atoms with van der Waals surface area (Å²) >= 11 is 0. The molecule has 0 saturated carbocycles. The van der Waals surface area contributed by atoms with E-state index in [4.69, 9.17) is 4.74 Å². The van der Waals surface area contributed by atoms with Gasteiger partial charge in [0, 0.05) is 12.5 Å². The lowest BCUT2D eigenvalue weighted by Crippen LogP contribution is -2.49. The maximum Gasteiger partial charge on any atom is 0.244 e. The quantitative estimate of drug-likeness (QED) is 0.532. The van der Waals surface area contributed by atoms with Crippen LogP contribution in [0.2, 0.25) is 0 Å². The van der Waals surface area contributed by atoms with Crippen molar-refractivity contribution in [3.05, 3.63) is 95.8 Å². The summed E-state index contributed by atoms with van der Waals surface area (Å²) in [6, 6.07) is 20.8. The predicted molar refractivity (Wildman–Crippen MR) is 123 cm³/mol. The van der Waals surface area contributed by atoms with Gasteiger partial charge in [0.05, 0.1) is 6.61 Å². The van der Waals surface area contributed by atoms with Gasteiger partial charge in [-0.2, -0.15) is 4.72 Å². The molecule has 0 bridgehead atoms. The van der Waals surface area contributed by atoms with Crippen LogP contribution in [0.4, 0.5) is 4.39 Å². The molecule has 3 aromatic carbocycles. The first-order valence-corrected chi connectivity index (χ1v) is 12.2. The zero-order chi connectivity index (χ0) is 23.3. The van der Waals surface area contributed by atoms with Gasteiger partial charge in [-0.15, -0.1) is 0 Å². The van der Waals surface area contributed by atoms with E-state index < -0.39 is 32.7 Å². The van der Waals surface area contributed by atoms with Crippen molar-refractivity contribution in [3.63, 3.8) is 0 Å². The molecule has 1 heterocycles. The third kappa shape index (κ3) is 5.77. The summed E-state index contributed by atoms with van der Waals surface area (Å²) in [5.41, 5.74) is 1.85. The zero-order valence-electron chi connectivity index (χ0n) is 17.9. The average Bonchev–Trinajstić information content (AvgIpc) is 2.82. The van der Waals surface area contributed by atoms with E-state index in [2.05, 4.69) is 10.0 Å². The highest BCUT2D eigenvalue weighted by molar-refractivity contribution is 7.89. The number of halogens is 1. The number of sulfonamides is 1. The van der Waals surface area contributed by atoms with Gasteiger partial charge in [-0.1, -0.05) is 60.7 Å². The van der Waals surface area contributed by atoms with E-state index in [1.54, 1.807) is 0 Å². The number of nitrogens with one attached hydrogen (secondary N) is 2. The van der Waals surface area contributed by atoms with Crippen LogP contribution in [0.5, 0.6) is 5.75 Å². The molecule has 0 aliphatic carbocycles. The van der Waals surface area contributed by atoms with E-state index in [0.29, 0.717) is 13.2 Å². The van der Waals surface area contributed by atoms with Crippen LogP contribution in [0.25, 0.3) is 0 Å². The third-order valence-corrected chi connectivity index (χ3v) is 7.05. The lowest BCUT2D eigenvalue weighted by atomic mass is 9.96. The number of hydrogen-bond acceptors (Lipinski definition) is 4. The Labute approximate surface area is 192 Å². The van der Waals surface area contributed by atoms with Crippen LogP contribution in [-0.4, -0.2) is 33.5 Å². The van der Waals surface area contributed by atoms with Crippen molar-refractivity contribution in [2.24, 2.45) is 5.92 Å². The smallest absolute Gasteiger partial charge is 0.244 e. The van der Waals surface area contributed by atoms with Crippen LogP contribution in [0.15, 0.2) is 83.8 Å². The number of carbonyl (C=O) groups is 1. The van der Waals surface area contributed by atoms with E-state index in [1.165, 1.54) is 18.2 Å². The van der Waals surface area contributed by atoms with Crippen LogP contribution in [0.3, 0.4) is 0 Å². The molecule has 0 spiro atoms. The van der Waals surface area contributed by atoms with E-state index in [-0.39, 0.29) is 12.3 Å². The molecule has 0 radical (unpaired) electrons. The molecule has 1 amide bonds. The molecule has 1 aliphatic rings. The Hall–Kier alpha value is -3.23. The number of amides is 1. The van der Waals surface area contributed by atoms with Crippen LogP contribution in [-0.2, 0) is 27.7 Å². The number of fused-ring (bicyclic) bond motifs is 1. The van der Waals surface area contributed by atoms with Gasteiger partial charge in [-0.05, 0) is 42.2 Å². The molecular formula is C25H25FN2O4S. The van der Waals surface area contributed by atoms with Crippen molar-refractivity contribution in [1.82, 2.24) is 10.0 Å². The first-order chi connectivity index (χ1) is 15.9. The third-order valence-electron chi connectivity index (χ3n) is 5.54. The molecule has 1 unspecified atom stereocenters. The lowest BCUT2D eigenvalue weighted by molar-refractivity contribution is -0.122. The fourth-order valence-corrected chi connectivity index (χ4v) is 5.12. The largest absolute Gasteiger partial charge is 0.493 e. The van der Waals surface area contributed by atoms with Gasteiger partial charge < -0.3 is 10.1 Å². The number of rotatable bonds is 8. The minimum atomic E-state index is -4.25. The van der Waals surface area contributed by atoms with E-state index >= 15 is 0 Å². The zero-order valence-corrected chi connectivity index (χ0v) is 18.7. The molecule has 0 fully saturated rings. The van der Waals surface area contributed by atoms with Crippen molar-refractivity contribution >= 4 is 15.9 Å². The van der Waals surface area contributed by atoms with Crippen LogP contribution >= 0.6 is 0 Å². The van der Waals surface area contributed by atoms with Gasteiger partial charge >= 0.3 is 0 Å². The standard InChI is InChI=1S/C25H25FN2O4S/c26-21-11-5-7-13-24(21)33(30,31)28-22(15-18-8-2-1-3-9-18)25(29)27-16-19-14-20-10-4-6-12-23(20)32-17-19/h1-13,19,22,28H,14-17H2,(H,27,29)/t19?,22-/m0/s1. The average molecular weight is 469 g/mol. The van der Waals surface area contributed by atoms with Crippen molar-refractivity contribution in [2.75, 3.05) is 13.2 Å². The predicted octanol–water partition coefficient (Wildman–Crippen LogP) is 3.08. The van der Waals surface area contributed by atoms with Crippen LogP contribution in [0.1, 0.15) is 11.1 Å². The second kappa shape index (κ2) is 10.1. The number of para-hydroxylation sites is 1. The Morgan fingerprint density at radius 2 is 1.70 bits per heavy atom. The summed E-state index contributed by atoms with van der Waals surface area (Å²) in [5.74, 6) is -0.441. The SMILES string of the molecule is O=C(NCC1COc2ccccc2C1)[C@H](Cc1ccccc1)NS(=O)(=O)c1ccccc1F. The number of hydrogen-bond donors (Lipinski definition) is 2. The first-order valence-electron chi connectivity index (χ1n) is 10.7. The summed E-state index contributed by atoms with van der Waals surface area (Å²) < 4.78 is 48.0. The van der Waals surface area contributed by atoms with Crippen molar-refractivity contribution in [1.29, 1.82) is 0 Å². The number of benzene rings is 3. The van der Waals surface area contributed by atoms with Crippen molar-refractivity contribution < 1.29 is 22.3 Å². The fraction of sp³-hybridized carbons (Fsp3) is 0.240. The molecule has 6 nitrogen and oxygen atoms in total. The Morgan fingerprint density at radius 1 is 1.00 bits per heavy atom. The maximum atomic E-state index is 14.1. The normalized spacial score (nSPS) is 16.3. The molecule has 2 atom stereocenters. The maximum absolute atomic E-state index is 14.1. The van der Waals surface area contributed by atoms with Crippen molar-refractivity contribution in [2.45, 2.75) is 23.8 Å². The van der Waals surface area contributed by atoms with E-state index in [1.807, 2.05) is 54.6 Å². The molecule has 2 N–H and O–H groups in total. The van der Waals surface area contributed by atoms with Crippen LogP contribution < -0.4 is 14.8 Å². The Morgan fingerprint density at radius 3 is 2.48 bits per heavy atom. The summed E-state index contributed by atoms with van der Waals surface area (Å²) in [5, 5.41) is 2.85. The topological polar surface area (TPSA) is 84.5 Å². The van der Waals surface area contributed by atoms with Gasteiger partial charge in [-0.3, -0.25) is 4.79 Å². The summed E-state index contributed by atoms with van der Waals surface area (Å²) in [6.07, 6.45) is 0.880. The molecule has 172 valence electrons. The molecule has 3 aromatic rings. The lowest BCUT2D eigenvalue weighted by Gasteiger charge is -2.26. The van der Waals surface area contributed by atoms with Gasteiger partial charge in [0.1, 0.15) is 22.5 Å². The Kier molecular flexibility index (Phi) is 7.05. The summed E-state index contributed by atoms with van der Waals surface area (Å²) in [7, 11) is -4.25. The Bertz CT molecular complexity index is 1220. The molecule has 8 heteroatoms. The summed E-state index contributed by atoms with van der Waals surface area (Å²) in [6.45, 7) is 0.793. The second-order valence-corrected chi connectivity index (χ2v) is 9.71. The van der Waals surface area contributed by atoms with E-state index in [0.717, 1.165) is 29.4 Å². The van der Waals surface area contributed by atoms with Gasteiger partial charge in [0.2, 0.25) is 15.9 Å². The van der Waals surface area contributed by atoms with Gasteiger partial charge in [-0.25, -0.2) is 12.8 Å². The Balaban J connectivity index is 1.47.